The fourth-order valence-electron chi connectivity index (χ4n) is 3.18. The van der Waals surface area contributed by atoms with Gasteiger partial charge in [0, 0.05) is 26.2 Å². The van der Waals surface area contributed by atoms with E-state index in [1.807, 2.05) is 6.92 Å². The third kappa shape index (κ3) is 9.83. The second kappa shape index (κ2) is 13.3. The zero-order valence-corrected chi connectivity index (χ0v) is 20.8. The van der Waals surface area contributed by atoms with Gasteiger partial charge in [0.15, 0.2) is 5.96 Å². The van der Waals surface area contributed by atoms with Crippen LogP contribution in [0.5, 0.6) is 5.75 Å². The lowest BCUT2D eigenvalue weighted by Gasteiger charge is -2.30. The number of halogens is 3. The first kappa shape index (κ1) is 27.8. The summed E-state index contributed by atoms with van der Waals surface area (Å²) >= 11 is 0. The molecule has 1 fully saturated rings. The molecule has 1 aliphatic heterocycles. The molecule has 12 heteroatoms. The molecule has 2 rings (SSSR count). The van der Waals surface area contributed by atoms with Crippen LogP contribution in [-0.4, -0.2) is 69.4 Å². The van der Waals surface area contributed by atoms with Crippen LogP contribution < -0.4 is 15.4 Å². The summed E-state index contributed by atoms with van der Waals surface area (Å²) in [5, 5.41) is 16.7. The maximum atomic E-state index is 12.2. The Hall–Kier alpha value is -1.25. The molecule has 0 amide bonds. The van der Waals surface area contributed by atoms with Gasteiger partial charge in [-0.1, -0.05) is 12.1 Å². The standard InChI is InChI=1S/C19H30F2N4O4S.HI/c1-3-22-19(23-12-14-8-10-25(11-9-14)30(2,27)28)24-13-17(26)15-4-6-16(7-5-15)29-18(20)21;/h4-7,14,17-18,26H,3,8-13H2,1-2H3,(H2,22,23,24);1H. The number of aliphatic hydroxyl groups excluding tert-OH is 1. The maximum absolute atomic E-state index is 12.2. The van der Waals surface area contributed by atoms with E-state index >= 15 is 0 Å². The molecule has 31 heavy (non-hydrogen) atoms. The van der Waals surface area contributed by atoms with Crippen molar-refractivity contribution < 1.29 is 27.0 Å². The average Bonchev–Trinajstić information content (AvgIpc) is 2.69. The van der Waals surface area contributed by atoms with E-state index in [-0.39, 0.29) is 36.3 Å². The van der Waals surface area contributed by atoms with Gasteiger partial charge in [-0.15, -0.1) is 24.0 Å². The van der Waals surface area contributed by atoms with Crippen molar-refractivity contribution >= 4 is 40.0 Å². The van der Waals surface area contributed by atoms with E-state index in [1.54, 1.807) is 0 Å². The molecule has 1 atom stereocenters. The van der Waals surface area contributed by atoms with Crippen molar-refractivity contribution in [3.8, 4) is 5.75 Å². The lowest BCUT2D eigenvalue weighted by molar-refractivity contribution is -0.0498. The number of aliphatic hydroxyl groups is 1. The van der Waals surface area contributed by atoms with Crippen LogP contribution in [0.4, 0.5) is 8.78 Å². The molecule has 1 heterocycles. The fourth-order valence-corrected chi connectivity index (χ4v) is 4.06. The predicted octanol–water partition coefficient (Wildman–Crippen LogP) is 2.17. The van der Waals surface area contributed by atoms with Gasteiger partial charge >= 0.3 is 6.61 Å². The number of nitrogens with one attached hydrogen (secondary N) is 2. The molecule has 0 aliphatic carbocycles. The minimum atomic E-state index is -3.14. The minimum absolute atomic E-state index is 0. The van der Waals surface area contributed by atoms with Gasteiger partial charge in [-0.25, -0.2) is 12.7 Å². The Kier molecular flexibility index (Phi) is 11.9. The van der Waals surface area contributed by atoms with Crippen molar-refractivity contribution in [3.05, 3.63) is 29.8 Å². The molecule has 1 unspecified atom stereocenters. The fraction of sp³-hybridized carbons (Fsp3) is 0.632. The van der Waals surface area contributed by atoms with E-state index in [0.717, 1.165) is 12.8 Å². The monoisotopic (exact) mass is 576 g/mol. The van der Waals surface area contributed by atoms with Crippen LogP contribution in [0.3, 0.4) is 0 Å². The van der Waals surface area contributed by atoms with Gasteiger partial charge in [0.25, 0.3) is 0 Å². The first-order valence-electron chi connectivity index (χ1n) is 9.89. The smallest absolute Gasteiger partial charge is 0.387 e. The Morgan fingerprint density at radius 1 is 1.26 bits per heavy atom. The molecule has 0 spiro atoms. The number of sulfonamides is 1. The molecule has 3 N–H and O–H groups in total. The summed E-state index contributed by atoms with van der Waals surface area (Å²) < 4.78 is 53.4. The van der Waals surface area contributed by atoms with Crippen molar-refractivity contribution in [1.29, 1.82) is 0 Å². The van der Waals surface area contributed by atoms with Crippen LogP contribution in [0.2, 0.25) is 0 Å². The molecule has 1 aliphatic rings. The Balaban J connectivity index is 0.00000480. The quantitative estimate of drug-likeness (QED) is 0.237. The highest BCUT2D eigenvalue weighted by Crippen LogP contribution is 2.20. The number of rotatable bonds is 9. The third-order valence-electron chi connectivity index (χ3n) is 4.86. The first-order valence-corrected chi connectivity index (χ1v) is 11.7. The summed E-state index contributed by atoms with van der Waals surface area (Å²) in [7, 11) is -3.14. The molecule has 0 aromatic heterocycles. The largest absolute Gasteiger partial charge is 0.435 e. The normalized spacial score (nSPS) is 17.2. The first-order chi connectivity index (χ1) is 14.2. The highest BCUT2D eigenvalue weighted by Gasteiger charge is 2.24. The van der Waals surface area contributed by atoms with Gasteiger partial charge in [0.1, 0.15) is 5.75 Å². The molecular weight excluding hydrogens is 545 g/mol. The number of hydrogen-bond acceptors (Lipinski definition) is 5. The van der Waals surface area contributed by atoms with Gasteiger partial charge < -0.3 is 20.5 Å². The SMILES string of the molecule is CCNC(=NCC(O)c1ccc(OC(F)F)cc1)NCC1CCN(S(C)(=O)=O)CC1.I. The van der Waals surface area contributed by atoms with Crippen molar-refractivity contribution in [2.24, 2.45) is 10.9 Å². The van der Waals surface area contributed by atoms with Crippen LogP contribution in [-0.2, 0) is 10.0 Å². The van der Waals surface area contributed by atoms with E-state index in [2.05, 4.69) is 20.4 Å². The van der Waals surface area contributed by atoms with Gasteiger partial charge in [0.2, 0.25) is 10.0 Å². The summed E-state index contributed by atoms with van der Waals surface area (Å²) in [4.78, 5) is 4.39. The Bertz CT molecular complexity index is 789. The second-order valence-corrected chi connectivity index (χ2v) is 9.15. The number of aliphatic imine (C=N–C) groups is 1. The zero-order chi connectivity index (χ0) is 22.1. The molecule has 0 radical (unpaired) electrons. The van der Waals surface area contributed by atoms with Crippen LogP contribution >= 0.6 is 24.0 Å². The average molecular weight is 576 g/mol. The molecule has 1 saturated heterocycles. The van der Waals surface area contributed by atoms with Crippen LogP contribution in [0.1, 0.15) is 31.4 Å². The van der Waals surface area contributed by atoms with E-state index in [9.17, 15) is 22.3 Å². The highest BCUT2D eigenvalue weighted by atomic mass is 127. The van der Waals surface area contributed by atoms with Crippen molar-refractivity contribution in [3.63, 3.8) is 0 Å². The Labute approximate surface area is 199 Å². The van der Waals surface area contributed by atoms with Crippen molar-refractivity contribution in [2.75, 3.05) is 39.0 Å². The van der Waals surface area contributed by atoms with Gasteiger partial charge in [-0.3, -0.25) is 4.99 Å². The lowest BCUT2D eigenvalue weighted by atomic mass is 9.98. The number of piperidine rings is 1. The molecule has 178 valence electrons. The zero-order valence-electron chi connectivity index (χ0n) is 17.6. The number of guanidine groups is 1. The summed E-state index contributed by atoms with van der Waals surface area (Å²) in [6.07, 6.45) is 1.88. The number of ether oxygens (including phenoxy) is 1. The number of benzene rings is 1. The molecular formula is C19H31F2IN4O4S. The molecule has 1 aromatic carbocycles. The van der Waals surface area contributed by atoms with E-state index in [1.165, 1.54) is 34.8 Å². The highest BCUT2D eigenvalue weighted by molar-refractivity contribution is 14.0. The van der Waals surface area contributed by atoms with Gasteiger partial charge in [0.05, 0.1) is 18.9 Å². The number of nitrogens with zero attached hydrogens (tertiary/aromatic N) is 2. The van der Waals surface area contributed by atoms with E-state index in [4.69, 9.17) is 0 Å². The lowest BCUT2D eigenvalue weighted by Crippen LogP contribution is -2.44. The minimum Gasteiger partial charge on any atom is -0.435 e. The third-order valence-corrected chi connectivity index (χ3v) is 6.16. The van der Waals surface area contributed by atoms with Crippen molar-refractivity contribution in [1.82, 2.24) is 14.9 Å². The maximum Gasteiger partial charge on any atom is 0.387 e. The van der Waals surface area contributed by atoms with Gasteiger partial charge in [-0.05, 0) is 43.4 Å². The molecule has 1 aromatic rings. The molecule has 0 saturated carbocycles. The summed E-state index contributed by atoms with van der Waals surface area (Å²) in [6, 6.07) is 5.79. The number of alkyl halides is 2. The summed E-state index contributed by atoms with van der Waals surface area (Å²) in [5.41, 5.74) is 0.546. The van der Waals surface area contributed by atoms with E-state index < -0.39 is 22.7 Å². The summed E-state index contributed by atoms with van der Waals surface area (Å²) in [6.45, 7) is 1.47. The number of hydrogen-bond donors (Lipinski definition) is 3. The molecule has 8 nitrogen and oxygen atoms in total. The predicted molar refractivity (Wildman–Crippen MR) is 127 cm³/mol. The van der Waals surface area contributed by atoms with E-state index in [0.29, 0.717) is 43.6 Å². The van der Waals surface area contributed by atoms with Crippen molar-refractivity contribution in [2.45, 2.75) is 32.5 Å². The van der Waals surface area contributed by atoms with Crippen LogP contribution in [0.15, 0.2) is 29.3 Å². The Morgan fingerprint density at radius 3 is 2.39 bits per heavy atom. The van der Waals surface area contributed by atoms with Crippen LogP contribution in [0.25, 0.3) is 0 Å². The summed E-state index contributed by atoms with van der Waals surface area (Å²) in [5.74, 6) is 0.917. The Morgan fingerprint density at radius 2 is 1.87 bits per heavy atom. The van der Waals surface area contributed by atoms with Gasteiger partial charge in [-0.2, -0.15) is 8.78 Å². The topological polar surface area (TPSA) is 103 Å². The molecule has 0 bridgehead atoms. The van der Waals surface area contributed by atoms with Crippen LogP contribution in [0, 0.1) is 5.92 Å². The second-order valence-electron chi connectivity index (χ2n) is 7.17.